The molecule has 4 aliphatic rings. The van der Waals surface area contributed by atoms with Gasteiger partial charge >= 0.3 is 0 Å². The molecule has 1 N–H and O–H groups in total. The summed E-state index contributed by atoms with van der Waals surface area (Å²) in [5.41, 5.74) is 13.7. The Morgan fingerprint density at radius 1 is 0.879 bits per heavy atom. The number of anilines is 1. The van der Waals surface area contributed by atoms with Crippen LogP contribution in [0.15, 0.2) is 206 Å². The van der Waals surface area contributed by atoms with Gasteiger partial charge in [-0.15, -0.1) is 6.58 Å². The summed E-state index contributed by atoms with van der Waals surface area (Å²) in [6.45, 7) is 21.8. The van der Waals surface area contributed by atoms with Crippen molar-refractivity contribution in [2.75, 3.05) is 11.4 Å². The predicted molar refractivity (Wildman–Crippen MR) is 288 cm³/mol. The zero-order chi connectivity index (χ0) is 45.6. The van der Waals surface area contributed by atoms with Crippen molar-refractivity contribution < 1.29 is 0 Å². The predicted octanol–water partition coefficient (Wildman–Crippen LogP) is 15.9. The topological polar surface area (TPSA) is 32.6 Å². The molecule has 1 unspecified atom stereocenters. The van der Waals surface area contributed by atoms with Gasteiger partial charge in [0.15, 0.2) is 6.29 Å². The Morgan fingerprint density at radius 2 is 1.64 bits per heavy atom. The number of aromatic nitrogens is 1. The van der Waals surface area contributed by atoms with Crippen molar-refractivity contribution in [3.8, 4) is 11.1 Å². The van der Waals surface area contributed by atoms with Gasteiger partial charge in [-0.05, 0) is 125 Å². The molecular formula is C62H64N4. The summed E-state index contributed by atoms with van der Waals surface area (Å²) in [6.07, 6.45) is 44.3. The Balaban J connectivity index is 1.25. The number of rotatable bonds is 16. The minimum Gasteiger partial charge on any atom is -0.357 e. The molecule has 66 heavy (non-hydrogen) atoms. The average molecular weight is 865 g/mol. The van der Waals surface area contributed by atoms with Gasteiger partial charge in [0.1, 0.15) is 0 Å². The molecule has 3 aliphatic carbocycles. The maximum Gasteiger partial charge on any atom is 0.181 e. The van der Waals surface area contributed by atoms with Crippen LogP contribution in [-0.4, -0.2) is 28.9 Å². The molecule has 0 radical (unpaired) electrons. The summed E-state index contributed by atoms with van der Waals surface area (Å²) < 4.78 is 2.49. The second-order valence-corrected chi connectivity index (χ2v) is 17.9. The van der Waals surface area contributed by atoms with Crippen LogP contribution in [0, 0.1) is 0 Å². The van der Waals surface area contributed by atoms with Gasteiger partial charge in [0.2, 0.25) is 0 Å². The van der Waals surface area contributed by atoms with Crippen LogP contribution >= 0.6 is 0 Å². The van der Waals surface area contributed by atoms with E-state index in [1.807, 2.05) is 24.3 Å². The molecule has 0 saturated carbocycles. The molecule has 1 aromatic heterocycles. The van der Waals surface area contributed by atoms with E-state index in [-0.39, 0.29) is 18.4 Å². The first-order chi connectivity index (χ1) is 32.5. The summed E-state index contributed by atoms with van der Waals surface area (Å²) in [4.78, 5) is 8.30. The van der Waals surface area contributed by atoms with Crippen LogP contribution in [0.4, 0.5) is 5.69 Å². The van der Waals surface area contributed by atoms with Gasteiger partial charge in [-0.25, -0.2) is 4.99 Å². The van der Waals surface area contributed by atoms with Crippen molar-refractivity contribution in [3.05, 3.63) is 218 Å². The van der Waals surface area contributed by atoms with Crippen molar-refractivity contribution in [2.24, 2.45) is 4.99 Å². The largest absolute Gasteiger partial charge is 0.357 e. The fourth-order valence-corrected chi connectivity index (χ4v) is 11.0. The lowest BCUT2D eigenvalue weighted by Gasteiger charge is -2.36. The number of hydrogen-bond donors (Lipinski definition) is 1. The third-order valence-electron chi connectivity index (χ3n) is 13.9. The molecule has 5 aromatic rings. The molecule has 0 bridgehead atoms. The van der Waals surface area contributed by atoms with E-state index >= 15 is 0 Å². The Labute approximate surface area is 392 Å². The SMILES string of the molecule is C=C/C=C\C=C/CC1=CC[C@@H](N2c3c(cc(-c4cc5c(c6c(n5[C@@H](N=C5CCC=CC5=C)NCC(/C=C\C)=C/C=C)C=CCC6)c5ccccc45)c4ccccc34)[C@H](CCC)C2C=C)C=C1. The second kappa shape index (κ2) is 20.2. The van der Waals surface area contributed by atoms with E-state index in [1.165, 1.54) is 71.7 Å². The smallest absolute Gasteiger partial charge is 0.181 e. The highest BCUT2D eigenvalue weighted by atomic mass is 15.3. The zero-order valence-corrected chi connectivity index (χ0v) is 38.9. The molecule has 2 heterocycles. The monoisotopic (exact) mass is 865 g/mol. The highest BCUT2D eigenvalue weighted by Gasteiger charge is 2.41. The first-order valence-corrected chi connectivity index (χ1v) is 24.1. The van der Waals surface area contributed by atoms with Crippen LogP contribution in [0.5, 0.6) is 0 Å². The molecule has 4 atom stereocenters. The van der Waals surface area contributed by atoms with Gasteiger partial charge in [-0.1, -0.05) is 179 Å². The first kappa shape index (κ1) is 44.5. The molecule has 4 nitrogen and oxygen atoms in total. The van der Waals surface area contributed by atoms with E-state index in [1.54, 1.807) is 0 Å². The Kier molecular flexibility index (Phi) is 13.6. The van der Waals surface area contributed by atoms with Crippen LogP contribution in [0.2, 0.25) is 0 Å². The van der Waals surface area contributed by atoms with Gasteiger partial charge in [0.25, 0.3) is 0 Å². The number of allylic oxidation sites excluding steroid dienone is 14. The quantitative estimate of drug-likeness (QED) is 0.0792. The van der Waals surface area contributed by atoms with Crippen molar-refractivity contribution in [1.29, 1.82) is 0 Å². The average Bonchev–Trinajstić information content (AvgIpc) is 3.85. The van der Waals surface area contributed by atoms with Gasteiger partial charge in [0, 0.05) is 40.3 Å². The van der Waals surface area contributed by atoms with Crippen LogP contribution < -0.4 is 10.2 Å². The normalized spacial score (nSPS) is 20.7. The minimum absolute atomic E-state index is 0.181. The lowest BCUT2D eigenvalue weighted by molar-refractivity contribution is 0.445. The molecule has 4 heteroatoms. The molecule has 0 amide bonds. The van der Waals surface area contributed by atoms with E-state index in [2.05, 4.69) is 195 Å². The van der Waals surface area contributed by atoms with Crippen LogP contribution in [0.1, 0.15) is 87.8 Å². The van der Waals surface area contributed by atoms with Gasteiger partial charge in [0.05, 0.1) is 17.6 Å². The minimum atomic E-state index is -0.374. The fourth-order valence-electron chi connectivity index (χ4n) is 11.0. The van der Waals surface area contributed by atoms with Crippen molar-refractivity contribution in [1.82, 2.24) is 9.88 Å². The number of aryl methyl sites for hydroxylation is 1. The van der Waals surface area contributed by atoms with E-state index in [0.717, 1.165) is 68.2 Å². The summed E-state index contributed by atoms with van der Waals surface area (Å²) in [5, 5.41) is 10.4. The summed E-state index contributed by atoms with van der Waals surface area (Å²) in [5.74, 6) is 0.317. The van der Waals surface area contributed by atoms with E-state index in [4.69, 9.17) is 4.99 Å². The van der Waals surface area contributed by atoms with Crippen molar-refractivity contribution in [2.45, 2.75) is 89.5 Å². The molecule has 0 saturated heterocycles. The summed E-state index contributed by atoms with van der Waals surface area (Å²) in [6, 6.07) is 23.7. The maximum atomic E-state index is 5.59. The molecule has 9 rings (SSSR count). The third kappa shape index (κ3) is 8.47. The van der Waals surface area contributed by atoms with Crippen molar-refractivity contribution in [3.63, 3.8) is 0 Å². The fraction of sp³-hybridized carbons (Fsp3) is 0.242. The number of nitrogens with zero attached hydrogens (tertiary/aromatic N) is 3. The Bertz CT molecular complexity index is 3000. The number of nitrogens with one attached hydrogen (secondary N) is 1. The Hall–Kier alpha value is -6.75. The molecule has 1 aliphatic heterocycles. The van der Waals surface area contributed by atoms with E-state index in [0.29, 0.717) is 12.5 Å². The van der Waals surface area contributed by atoms with Gasteiger partial charge in [-0.3, -0.25) is 5.32 Å². The molecular weight excluding hydrogens is 801 g/mol. The van der Waals surface area contributed by atoms with Crippen LogP contribution in [0.3, 0.4) is 0 Å². The number of aliphatic imine (C=N–C) groups is 1. The lowest BCUT2D eigenvalue weighted by atomic mass is 9.85. The van der Waals surface area contributed by atoms with E-state index < -0.39 is 0 Å². The molecule has 4 aromatic carbocycles. The molecule has 0 spiro atoms. The van der Waals surface area contributed by atoms with Gasteiger partial charge in [-0.2, -0.15) is 0 Å². The molecule has 332 valence electrons. The summed E-state index contributed by atoms with van der Waals surface area (Å²) in [7, 11) is 0. The third-order valence-corrected chi connectivity index (χ3v) is 13.9. The van der Waals surface area contributed by atoms with E-state index in [9.17, 15) is 0 Å². The number of hydrogen-bond acceptors (Lipinski definition) is 3. The summed E-state index contributed by atoms with van der Waals surface area (Å²) >= 11 is 0. The van der Waals surface area contributed by atoms with Gasteiger partial charge < -0.3 is 9.47 Å². The standard InChI is InChI=1S/C62H64N4/c1-7-12-13-14-15-28-44-36-38-46(39-37-44)65-57(11-5)49(26-10-4)55-40-53(48-30-18-20-32-51(48)61(55)65)54-41-59-60(50-31-19-17-29-47(50)54)52-33-21-23-35-58(52)66(59)62(63-42-45(24-8-2)25-9-3)64-56-34-22-16-27-43(56)6/h7-9,11-20,23-25,27,29-32,35-38,40-41,46,49,57,62-63H,1-2,5-6,10,21-22,26,28,33-34,39,42H2,3-4H3/b13-12-,15-14-,25-9-,45-24+,64-56?/t46-,49-,57?,62+/m0/s1. The van der Waals surface area contributed by atoms with Crippen LogP contribution in [-0.2, 0) is 6.42 Å². The van der Waals surface area contributed by atoms with Crippen LogP contribution in [0.25, 0.3) is 49.7 Å². The highest BCUT2D eigenvalue weighted by molar-refractivity contribution is 6.19. The van der Waals surface area contributed by atoms with Crippen molar-refractivity contribution >= 4 is 49.9 Å². The number of fused-ring (bicyclic) bond motifs is 8. The number of benzene rings is 4. The first-order valence-electron chi connectivity index (χ1n) is 24.1. The molecule has 0 fully saturated rings. The lowest BCUT2D eigenvalue weighted by Crippen LogP contribution is -2.40. The Morgan fingerprint density at radius 3 is 2.36 bits per heavy atom. The second-order valence-electron chi connectivity index (χ2n) is 17.9. The maximum absolute atomic E-state index is 5.59. The zero-order valence-electron chi connectivity index (χ0n) is 38.9. The highest BCUT2D eigenvalue weighted by Crippen LogP contribution is 2.53.